The number of hydrogen-bond donors (Lipinski definition) is 3. The van der Waals surface area contributed by atoms with Gasteiger partial charge in [-0.2, -0.15) is 0 Å². The minimum Gasteiger partial charge on any atom is -0.461 e. The van der Waals surface area contributed by atoms with Crippen LogP contribution in [0.3, 0.4) is 0 Å². The van der Waals surface area contributed by atoms with E-state index in [1.165, 1.54) is 161 Å². The van der Waals surface area contributed by atoms with Gasteiger partial charge in [0, 0.05) is 12.8 Å². The number of carbonyl (C=O) groups is 2. The van der Waals surface area contributed by atoms with Crippen LogP contribution in [0.2, 0.25) is 0 Å². The first-order valence-electron chi connectivity index (χ1n) is 28.2. The van der Waals surface area contributed by atoms with Gasteiger partial charge >= 0.3 is 5.97 Å². The van der Waals surface area contributed by atoms with E-state index in [-0.39, 0.29) is 24.9 Å². The maximum atomic E-state index is 13.2. The third-order valence-electron chi connectivity index (χ3n) is 12.5. The van der Waals surface area contributed by atoms with E-state index in [0.717, 1.165) is 64.2 Å². The molecule has 3 atom stereocenters. The summed E-state index contributed by atoms with van der Waals surface area (Å²) in [7, 11) is 0. The Morgan fingerprint density at radius 3 is 1.33 bits per heavy atom. The molecule has 0 aromatic carbocycles. The van der Waals surface area contributed by atoms with E-state index in [1.54, 1.807) is 0 Å². The van der Waals surface area contributed by atoms with Gasteiger partial charge in [-0.05, 0) is 70.6 Å². The predicted octanol–water partition coefficient (Wildman–Crippen LogP) is 17.3. The molecule has 0 saturated heterocycles. The third kappa shape index (κ3) is 47.8. The Labute approximate surface area is 409 Å². The topological polar surface area (TPSA) is 95.9 Å². The van der Waals surface area contributed by atoms with E-state index in [4.69, 9.17) is 4.74 Å². The second-order valence-corrected chi connectivity index (χ2v) is 19.0. The highest BCUT2D eigenvalue weighted by Crippen LogP contribution is 2.17. The first kappa shape index (κ1) is 63.3. The van der Waals surface area contributed by atoms with Crippen molar-refractivity contribution in [3.05, 3.63) is 72.9 Å². The molecule has 0 radical (unpaired) electrons. The smallest absolute Gasteiger partial charge is 0.306 e. The SMILES string of the molecule is CCCCC/C=C\C/C=C\C/C=C\C/C=C\CC(CC(=O)NC(CO)C(O)CCCCCCCCCCCCCCCCCCC)OC(=O)CCCCCCCC/C=C/C=C/CCCCC. The van der Waals surface area contributed by atoms with Gasteiger partial charge in [-0.15, -0.1) is 0 Å². The molecule has 0 aromatic heterocycles. The zero-order chi connectivity index (χ0) is 48.1. The van der Waals surface area contributed by atoms with E-state index < -0.39 is 18.2 Å². The molecule has 3 unspecified atom stereocenters. The van der Waals surface area contributed by atoms with Crippen LogP contribution in [-0.4, -0.2) is 46.9 Å². The molecule has 0 aliphatic carbocycles. The summed E-state index contributed by atoms with van der Waals surface area (Å²) in [5.41, 5.74) is 0. The first-order chi connectivity index (χ1) is 32.5. The van der Waals surface area contributed by atoms with Gasteiger partial charge in [0.25, 0.3) is 0 Å². The summed E-state index contributed by atoms with van der Waals surface area (Å²) in [6.45, 7) is 6.41. The van der Waals surface area contributed by atoms with Crippen molar-refractivity contribution in [2.45, 2.75) is 289 Å². The van der Waals surface area contributed by atoms with Crippen molar-refractivity contribution >= 4 is 11.9 Å². The van der Waals surface area contributed by atoms with E-state index in [9.17, 15) is 19.8 Å². The Bertz CT molecular complexity index is 1220. The van der Waals surface area contributed by atoms with Crippen LogP contribution in [0.15, 0.2) is 72.9 Å². The fourth-order valence-corrected chi connectivity index (χ4v) is 8.22. The summed E-state index contributed by atoms with van der Waals surface area (Å²) in [5.74, 6) is -0.587. The standard InChI is InChI=1S/C60H107NO5/c1-4-7-10-13-16-19-22-25-28-29-32-34-37-40-43-46-49-52-58(63)57(55-62)61-59(64)54-56(51-48-45-42-39-36-33-30-26-23-20-17-14-11-8-5-2)66-60(65)53-50-47-44-41-38-35-31-27-24-21-18-15-12-9-6-3/h17-18,20-21,24,26-27,30,36,39,45,48,56-58,62-63H,4-16,19,22-23,25,28-29,31-35,37-38,40-44,46-47,49-55H2,1-3H3,(H,61,64)/b20-17-,21-18+,27-24+,30-26-,39-36-,48-45-. The van der Waals surface area contributed by atoms with Gasteiger partial charge in [-0.3, -0.25) is 9.59 Å². The van der Waals surface area contributed by atoms with Crippen molar-refractivity contribution in [3.63, 3.8) is 0 Å². The number of ether oxygens (including phenoxy) is 1. The highest BCUT2D eigenvalue weighted by Gasteiger charge is 2.23. The fraction of sp³-hybridized carbons (Fsp3) is 0.767. The van der Waals surface area contributed by atoms with Crippen LogP contribution < -0.4 is 5.32 Å². The van der Waals surface area contributed by atoms with Crippen LogP contribution >= 0.6 is 0 Å². The molecule has 0 spiro atoms. The Morgan fingerprint density at radius 1 is 0.470 bits per heavy atom. The Hall–Kier alpha value is -2.70. The molecular weight excluding hydrogens is 815 g/mol. The van der Waals surface area contributed by atoms with E-state index in [0.29, 0.717) is 19.3 Å². The summed E-state index contributed by atoms with van der Waals surface area (Å²) in [6.07, 6.45) is 68.3. The summed E-state index contributed by atoms with van der Waals surface area (Å²) >= 11 is 0. The molecular formula is C60H107NO5. The first-order valence-corrected chi connectivity index (χ1v) is 28.2. The van der Waals surface area contributed by atoms with E-state index in [1.807, 2.05) is 6.08 Å². The molecule has 1 amide bonds. The highest BCUT2D eigenvalue weighted by molar-refractivity contribution is 5.77. The quantitative estimate of drug-likeness (QED) is 0.0244. The average molecular weight is 923 g/mol. The average Bonchev–Trinajstić information content (AvgIpc) is 3.31. The number of esters is 1. The molecule has 0 fully saturated rings. The monoisotopic (exact) mass is 922 g/mol. The summed E-state index contributed by atoms with van der Waals surface area (Å²) in [4.78, 5) is 26.2. The lowest BCUT2D eigenvalue weighted by Crippen LogP contribution is -2.46. The van der Waals surface area contributed by atoms with Crippen molar-refractivity contribution in [1.29, 1.82) is 0 Å². The lowest BCUT2D eigenvalue weighted by molar-refractivity contribution is -0.150. The summed E-state index contributed by atoms with van der Waals surface area (Å²) < 4.78 is 5.88. The van der Waals surface area contributed by atoms with Crippen LogP contribution in [0.25, 0.3) is 0 Å². The van der Waals surface area contributed by atoms with Crippen molar-refractivity contribution < 1.29 is 24.5 Å². The zero-order valence-electron chi connectivity index (χ0n) is 43.6. The van der Waals surface area contributed by atoms with Crippen molar-refractivity contribution in [1.82, 2.24) is 5.32 Å². The van der Waals surface area contributed by atoms with Gasteiger partial charge in [-0.25, -0.2) is 0 Å². The normalized spacial score (nSPS) is 13.7. The van der Waals surface area contributed by atoms with Crippen LogP contribution in [0.4, 0.5) is 0 Å². The summed E-state index contributed by atoms with van der Waals surface area (Å²) in [5, 5.41) is 23.8. The number of amides is 1. The number of rotatable bonds is 50. The molecule has 0 heterocycles. The van der Waals surface area contributed by atoms with Gasteiger partial charge in [0.1, 0.15) is 6.10 Å². The van der Waals surface area contributed by atoms with Gasteiger partial charge in [0.15, 0.2) is 0 Å². The number of aliphatic hydroxyl groups excluding tert-OH is 2. The van der Waals surface area contributed by atoms with Crippen molar-refractivity contribution in [3.8, 4) is 0 Å². The second kappa shape index (κ2) is 53.3. The molecule has 0 rings (SSSR count). The molecule has 6 heteroatoms. The van der Waals surface area contributed by atoms with Gasteiger partial charge in [0.2, 0.25) is 5.91 Å². The van der Waals surface area contributed by atoms with Crippen molar-refractivity contribution in [2.24, 2.45) is 0 Å². The lowest BCUT2D eigenvalue weighted by atomic mass is 10.0. The van der Waals surface area contributed by atoms with Gasteiger partial charge in [0.05, 0.1) is 25.2 Å². The molecule has 0 bridgehead atoms. The number of aliphatic hydroxyl groups is 2. The maximum Gasteiger partial charge on any atom is 0.306 e. The largest absolute Gasteiger partial charge is 0.461 e. The number of unbranched alkanes of at least 4 members (excludes halogenated alkanes) is 28. The van der Waals surface area contributed by atoms with Crippen LogP contribution in [0, 0.1) is 0 Å². The molecule has 0 aromatic rings. The number of allylic oxidation sites excluding steroid dienone is 11. The maximum absolute atomic E-state index is 13.2. The molecule has 382 valence electrons. The molecule has 3 N–H and O–H groups in total. The van der Waals surface area contributed by atoms with Gasteiger partial charge in [-0.1, -0.05) is 254 Å². The lowest BCUT2D eigenvalue weighted by Gasteiger charge is -2.24. The molecule has 66 heavy (non-hydrogen) atoms. The van der Waals surface area contributed by atoms with E-state index >= 15 is 0 Å². The molecule has 6 nitrogen and oxygen atoms in total. The second-order valence-electron chi connectivity index (χ2n) is 19.0. The number of hydrogen-bond acceptors (Lipinski definition) is 5. The molecule has 0 aliphatic heterocycles. The summed E-state index contributed by atoms with van der Waals surface area (Å²) in [6, 6.07) is -0.736. The third-order valence-corrected chi connectivity index (χ3v) is 12.5. The molecule has 0 aliphatic rings. The molecule has 0 saturated carbocycles. The minimum absolute atomic E-state index is 0.00476. The minimum atomic E-state index is -0.816. The van der Waals surface area contributed by atoms with Crippen LogP contribution in [0.5, 0.6) is 0 Å². The van der Waals surface area contributed by atoms with Crippen molar-refractivity contribution in [2.75, 3.05) is 6.61 Å². The predicted molar refractivity (Wildman–Crippen MR) is 287 cm³/mol. The fourth-order valence-electron chi connectivity index (χ4n) is 8.22. The van der Waals surface area contributed by atoms with Crippen LogP contribution in [0.1, 0.15) is 271 Å². The zero-order valence-corrected chi connectivity index (χ0v) is 43.6. The Balaban J connectivity index is 4.66. The highest BCUT2D eigenvalue weighted by atomic mass is 16.5. The van der Waals surface area contributed by atoms with Gasteiger partial charge < -0.3 is 20.3 Å². The van der Waals surface area contributed by atoms with E-state index in [2.05, 4.69) is 92.9 Å². The Kier molecular flexibility index (Phi) is 51.1. The Morgan fingerprint density at radius 2 is 0.848 bits per heavy atom. The number of nitrogens with one attached hydrogen (secondary N) is 1. The number of carbonyl (C=O) groups excluding carboxylic acids is 2. The van der Waals surface area contributed by atoms with Crippen LogP contribution in [-0.2, 0) is 14.3 Å².